The largest absolute Gasteiger partial charge is 0.444 e. The lowest BCUT2D eigenvalue weighted by Gasteiger charge is -2.33. The number of benzene rings is 1. The van der Waals surface area contributed by atoms with Crippen LogP contribution >= 0.6 is 0 Å². The van der Waals surface area contributed by atoms with Crippen LogP contribution in [0, 0.1) is 5.92 Å². The summed E-state index contributed by atoms with van der Waals surface area (Å²) >= 11 is 0. The van der Waals surface area contributed by atoms with Gasteiger partial charge in [-0.3, -0.25) is 0 Å². The van der Waals surface area contributed by atoms with Gasteiger partial charge in [-0.05, 0) is 88.0 Å². The van der Waals surface area contributed by atoms with E-state index in [-0.39, 0.29) is 6.09 Å². The molecule has 2 aliphatic rings. The summed E-state index contributed by atoms with van der Waals surface area (Å²) in [5.41, 5.74) is 3.20. The highest BCUT2D eigenvalue weighted by Gasteiger charge is 2.27. The smallest absolute Gasteiger partial charge is 0.410 e. The van der Waals surface area contributed by atoms with Crippen LogP contribution in [0.15, 0.2) is 23.4 Å². The van der Waals surface area contributed by atoms with Gasteiger partial charge in [0, 0.05) is 26.2 Å². The van der Waals surface area contributed by atoms with Crippen molar-refractivity contribution in [2.75, 3.05) is 25.9 Å². The van der Waals surface area contributed by atoms with Gasteiger partial charge >= 0.3 is 6.09 Å². The molecule has 0 saturated carbocycles. The number of hydrogen-bond donors (Lipinski definition) is 1. The van der Waals surface area contributed by atoms with E-state index in [1.165, 1.54) is 10.6 Å². The highest BCUT2D eigenvalue weighted by molar-refractivity contribution is 7.88. The summed E-state index contributed by atoms with van der Waals surface area (Å²) in [6.07, 6.45) is 6.20. The van der Waals surface area contributed by atoms with E-state index in [1.807, 2.05) is 39.0 Å². The molecule has 0 atom stereocenters. The summed E-state index contributed by atoms with van der Waals surface area (Å²) in [5.74, 6) is 0.550. The molecule has 0 spiro atoms. The minimum absolute atomic E-state index is 0.234. The Kier molecular flexibility index (Phi) is 8.05. The zero-order valence-electron chi connectivity index (χ0n) is 20.2. The molecule has 1 saturated heterocycles. The third-order valence-electron chi connectivity index (χ3n) is 6.40. The minimum Gasteiger partial charge on any atom is -0.444 e. The highest BCUT2D eigenvalue weighted by atomic mass is 32.2. The monoisotopic (exact) mass is 479 g/mol. The molecule has 184 valence electrons. The van der Waals surface area contributed by atoms with Crippen LogP contribution in [0.1, 0.15) is 69.6 Å². The Balaban J connectivity index is 1.48. The second-order valence-corrected chi connectivity index (χ2v) is 12.2. The number of rotatable bonds is 6. The lowest BCUT2D eigenvalue weighted by molar-refractivity contribution is 0.0181. The molecule has 0 aromatic heterocycles. The molecule has 0 bridgehead atoms. The number of piperidine rings is 1. The molecular formula is C24H37N3O5S. The first-order chi connectivity index (χ1) is 15.5. The van der Waals surface area contributed by atoms with Crippen molar-refractivity contribution in [3.8, 4) is 0 Å². The van der Waals surface area contributed by atoms with E-state index in [2.05, 4.69) is 5.16 Å². The molecule has 8 nitrogen and oxygen atoms in total. The fourth-order valence-electron chi connectivity index (χ4n) is 4.53. The van der Waals surface area contributed by atoms with E-state index in [0.717, 1.165) is 55.5 Å². The molecule has 2 aliphatic heterocycles. The van der Waals surface area contributed by atoms with Crippen molar-refractivity contribution >= 4 is 21.8 Å². The van der Waals surface area contributed by atoms with Gasteiger partial charge in [-0.1, -0.05) is 17.3 Å². The molecule has 1 aromatic rings. The first-order valence-electron chi connectivity index (χ1n) is 11.7. The van der Waals surface area contributed by atoms with E-state index in [9.17, 15) is 18.4 Å². The molecule has 0 unspecified atom stereocenters. The first-order valence-corrected chi connectivity index (χ1v) is 13.6. The molecular weight excluding hydrogens is 442 g/mol. The maximum absolute atomic E-state index is 12.2. The Morgan fingerprint density at radius 2 is 1.88 bits per heavy atom. The molecule has 2 heterocycles. The predicted molar refractivity (Wildman–Crippen MR) is 128 cm³/mol. The van der Waals surface area contributed by atoms with Gasteiger partial charge in [0.2, 0.25) is 10.0 Å². The second-order valence-electron chi connectivity index (χ2n) is 10.2. The molecule has 9 heteroatoms. The number of amides is 1. The molecule has 33 heavy (non-hydrogen) atoms. The predicted octanol–water partition coefficient (Wildman–Crippen LogP) is 4.00. The summed E-state index contributed by atoms with van der Waals surface area (Å²) in [6, 6.07) is 5.89. The minimum atomic E-state index is -3.20. The molecule has 0 radical (unpaired) electrons. The lowest BCUT2D eigenvalue weighted by Crippen LogP contribution is -2.41. The van der Waals surface area contributed by atoms with Crippen molar-refractivity contribution in [1.29, 1.82) is 0 Å². The van der Waals surface area contributed by atoms with Crippen molar-refractivity contribution in [2.45, 2.75) is 71.4 Å². The molecule has 3 rings (SSSR count). The summed E-state index contributed by atoms with van der Waals surface area (Å²) in [5, 5.41) is 13.2. The standard InChI is InChI=1S/C24H37N3O5S/c1-24(2,3)32-23(28)26-13-10-18(11-14-26)6-5-7-22(25-29)20-8-9-21-17-27(33(4,30)31)15-12-19(21)16-20/h8-9,16,18,29H,5-7,10-15,17H2,1-4H3. The van der Waals surface area contributed by atoms with Crippen molar-refractivity contribution in [3.05, 3.63) is 34.9 Å². The van der Waals surface area contributed by atoms with Gasteiger partial charge in [0.15, 0.2) is 0 Å². The van der Waals surface area contributed by atoms with Crippen LogP contribution in [0.3, 0.4) is 0 Å². The van der Waals surface area contributed by atoms with Crippen LogP contribution in [-0.4, -0.2) is 66.1 Å². The summed E-state index contributed by atoms with van der Waals surface area (Å²) in [6.45, 7) is 7.94. The number of sulfonamides is 1. The average molecular weight is 480 g/mol. The van der Waals surface area contributed by atoms with Gasteiger partial charge in [0.1, 0.15) is 5.60 Å². The van der Waals surface area contributed by atoms with E-state index in [1.54, 1.807) is 4.90 Å². The van der Waals surface area contributed by atoms with Crippen LogP contribution in [0.2, 0.25) is 0 Å². The Morgan fingerprint density at radius 1 is 1.18 bits per heavy atom. The first kappa shape index (κ1) is 25.5. The van der Waals surface area contributed by atoms with Gasteiger partial charge in [0.05, 0.1) is 12.0 Å². The maximum atomic E-state index is 12.2. The van der Waals surface area contributed by atoms with E-state index < -0.39 is 15.6 Å². The van der Waals surface area contributed by atoms with Crippen molar-refractivity contribution in [2.24, 2.45) is 11.1 Å². The van der Waals surface area contributed by atoms with Gasteiger partial charge in [-0.25, -0.2) is 13.2 Å². The van der Waals surface area contributed by atoms with E-state index in [0.29, 0.717) is 37.6 Å². The number of carbonyl (C=O) groups is 1. The number of ether oxygens (including phenoxy) is 1. The fraction of sp³-hybridized carbons (Fsp3) is 0.667. The number of hydrogen-bond acceptors (Lipinski definition) is 6. The molecule has 1 aromatic carbocycles. The Labute approximate surface area is 197 Å². The van der Waals surface area contributed by atoms with E-state index >= 15 is 0 Å². The average Bonchev–Trinajstić information content (AvgIpc) is 2.74. The zero-order chi connectivity index (χ0) is 24.2. The van der Waals surface area contributed by atoms with Crippen molar-refractivity contribution < 1.29 is 23.2 Å². The third kappa shape index (κ3) is 7.17. The highest BCUT2D eigenvalue weighted by Crippen LogP contribution is 2.26. The number of likely N-dealkylation sites (tertiary alicyclic amines) is 1. The van der Waals surface area contributed by atoms with Crippen LogP contribution in [-0.2, 0) is 27.7 Å². The summed E-state index contributed by atoms with van der Waals surface area (Å²) in [7, 11) is -3.20. The van der Waals surface area contributed by atoms with Gasteiger partial charge in [0.25, 0.3) is 0 Å². The maximum Gasteiger partial charge on any atom is 0.410 e. The summed E-state index contributed by atoms with van der Waals surface area (Å²) in [4.78, 5) is 14.0. The topological polar surface area (TPSA) is 99.5 Å². The Bertz CT molecular complexity index is 976. The molecule has 1 N–H and O–H groups in total. The van der Waals surface area contributed by atoms with Crippen LogP contribution in [0.4, 0.5) is 4.79 Å². The fourth-order valence-corrected chi connectivity index (χ4v) is 5.33. The van der Waals surface area contributed by atoms with Crippen LogP contribution in [0.5, 0.6) is 0 Å². The normalized spacial score (nSPS) is 18.8. The van der Waals surface area contributed by atoms with Gasteiger partial charge in [-0.15, -0.1) is 0 Å². The number of oxime groups is 1. The van der Waals surface area contributed by atoms with Crippen molar-refractivity contribution in [1.82, 2.24) is 9.21 Å². The third-order valence-corrected chi connectivity index (χ3v) is 7.65. The van der Waals surface area contributed by atoms with Gasteiger partial charge in [-0.2, -0.15) is 4.31 Å². The molecule has 1 fully saturated rings. The molecule has 0 aliphatic carbocycles. The lowest BCUT2D eigenvalue weighted by atomic mass is 9.90. The zero-order valence-corrected chi connectivity index (χ0v) is 21.0. The summed E-state index contributed by atoms with van der Waals surface area (Å²) < 4.78 is 30.6. The second kappa shape index (κ2) is 10.4. The Hall–Kier alpha value is -2.13. The molecule has 1 amide bonds. The number of fused-ring (bicyclic) bond motifs is 1. The number of nitrogens with zero attached hydrogens (tertiary/aromatic N) is 3. The van der Waals surface area contributed by atoms with Crippen LogP contribution in [0.25, 0.3) is 0 Å². The SMILES string of the molecule is CC(C)(C)OC(=O)N1CCC(CCCC(=NO)c2ccc3c(c2)CCN(S(C)(=O)=O)C3)CC1. The van der Waals surface area contributed by atoms with E-state index in [4.69, 9.17) is 4.74 Å². The Morgan fingerprint density at radius 3 is 2.48 bits per heavy atom. The van der Waals surface area contributed by atoms with Crippen molar-refractivity contribution in [3.63, 3.8) is 0 Å². The number of carbonyl (C=O) groups excluding carboxylic acids is 1. The van der Waals surface area contributed by atoms with Gasteiger partial charge < -0.3 is 14.8 Å². The quantitative estimate of drug-likeness (QED) is 0.378. The van der Waals surface area contributed by atoms with Crippen LogP contribution < -0.4 is 0 Å².